The molecule has 1 unspecified atom stereocenters. The molecule has 2 bridgehead atoms. The van der Waals surface area contributed by atoms with Gasteiger partial charge in [-0.3, -0.25) is 15.0 Å². The van der Waals surface area contributed by atoms with Crippen molar-refractivity contribution in [3.8, 4) is 0 Å². The minimum Gasteiger partial charge on any atom is -0.344 e. The highest BCUT2D eigenvalue weighted by atomic mass is 16.5. The Bertz CT molecular complexity index is 755. The van der Waals surface area contributed by atoms with Crippen LogP contribution in [-0.4, -0.2) is 23.0 Å². The molecule has 1 aliphatic carbocycles. The minimum atomic E-state index is -0.548. The number of hydrogen-bond donors (Lipinski definition) is 3. The number of hydroxylamine groups is 1. The third-order valence-corrected chi connectivity index (χ3v) is 3.74. The van der Waals surface area contributed by atoms with Crippen LogP contribution in [0.3, 0.4) is 0 Å². The van der Waals surface area contributed by atoms with Gasteiger partial charge in [-0.15, -0.1) is 0 Å². The Morgan fingerprint density at radius 1 is 1.33 bits per heavy atom. The highest BCUT2D eigenvalue weighted by Crippen LogP contribution is 2.14. The van der Waals surface area contributed by atoms with E-state index >= 15 is 0 Å². The number of carbonyl (C=O) groups excluding carboxylic acids is 1. The van der Waals surface area contributed by atoms with E-state index in [0.29, 0.717) is 0 Å². The Balaban J connectivity index is 1.67. The average Bonchev–Trinajstić information content (AvgIpc) is 2.59. The maximum absolute atomic E-state index is 11.0. The van der Waals surface area contributed by atoms with Gasteiger partial charge >= 0.3 is 0 Å². The van der Waals surface area contributed by atoms with Crippen molar-refractivity contribution < 1.29 is 10.0 Å². The zero-order valence-corrected chi connectivity index (χ0v) is 13.1. The Morgan fingerprint density at radius 3 is 2.96 bits per heavy atom. The highest BCUT2D eigenvalue weighted by Gasteiger charge is 2.13. The number of rotatable bonds is 4. The number of amidine groups is 1. The van der Waals surface area contributed by atoms with E-state index in [4.69, 9.17) is 10.2 Å². The molecule has 122 valence electrons. The van der Waals surface area contributed by atoms with Crippen molar-refractivity contribution in [1.82, 2.24) is 10.8 Å². The third kappa shape index (κ3) is 4.30. The first kappa shape index (κ1) is 16.0. The van der Waals surface area contributed by atoms with Crippen molar-refractivity contribution in [3.05, 3.63) is 77.5 Å². The third-order valence-electron chi connectivity index (χ3n) is 3.74. The van der Waals surface area contributed by atoms with Crippen molar-refractivity contribution in [1.29, 1.82) is 0 Å². The lowest BCUT2D eigenvalue weighted by Crippen LogP contribution is -2.30. The van der Waals surface area contributed by atoms with Crippen LogP contribution in [0, 0.1) is 0 Å². The first-order valence-electron chi connectivity index (χ1n) is 7.83. The molecule has 3 N–H and O–H groups in total. The van der Waals surface area contributed by atoms with E-state index in [1.807, 2.05) is 24.3 Å². The first-order valence-corrected chi connectivity index (χ1v) is 7.83. The number of allylic oxidation sites excluding steroid dienone is 3. The predicted octanol–water partition coefficient (Wildman–Crippen LogP) is 2.52. The molecule has 1 amide bonds. The molecule has 2 aliphatic rings. The smallest absolute Gasteiger partial charge is 0.267 e. The lowest BCUT2D eigenvalue weighted by Gasteiger charge is -2.20. The number of hydrogen-bond acceptors (Lipinski definition) is 4. The summed E-state index contributed by atoms with van der Waals surface area (Å²) in [6, 6.07) is 7.96. The number of aliphatic imine (C=N–C) groups is 1. The van der Waals surface area contributed by atoms with Gasteiger partial charge in [-0.25, -0.2) is 5.48 Å². The molecule has 5 heteroatoms. The van der Waals surface area contributed by atoms with Crippen LogP contribution < -0.4 is 10.8 Å². The zero-order valence-electron chi connectivity index (χ0n) is 13.1. The molecule has 24 heavy (non-hydrogen) atoms. The summed E-state index contributed by atoms with van der Waals surface area (Å²) in [5, 5.41) is 11.8. The Labute approximate surface area is 140 Å². The molecule has 0 fully saturated rings. The molecular weight excluding hydrogens is 302 g/mol. The Morgan fingerprint density at radius 2 is 2.17 bits per heavy atom. The van der Waals surface area contributed by atoms with E-state index in [2.05, 4.69) is 35.7 Å². The Kier molecular flexibility index (Phi) is 5.03. The number of benzene rings is 1. The fraction of sp³-hybridized carbons (Fsp3) is 0.158. The summed E-state index contributed by atoms with van der Waals surface area (Å²) >= 11 is 0. The van der Waals surface area contributed by atoms with Gasteiger partial charge in [-0.2, -0.15) is 0 Å². The first-order chi connectivity index (χ1) is 11.7. The number of nitrogens with one attached hydrogen (secondary N) is 2. The quantitative estimate of drug-likeness (QED) is 0.345. The predicted molar refractivity (Wildman–Crippen MR) is 94.4 cm³/mol. The summed E-state index contributed by atoms with van der Waals surface area (Å²) in [5.74, 6) is 0.393. The average molecular weight is 321 g/mol. The maximum Gasteiger partial charge on any atom is 0.267 e. The fourth-order valence-electron chi connectivity index (χ4n) is 2.57. The van der Waals surface area contributed by atoms with Gasteiger partial charge in [0, 0.05) is 18.2 Å². The molecule has 0 saturated carbocycles. The molecule has 3 rings (SSSR count). The molecule has 1 heterocycles. The summed E-state index contributed by atoms with van der Waals surface area (Å²) < 4.78 is 0. The van der Waals surface area contributed by atoms with E-state index in [1.54, 1.807) is 11.6 Å². The lowest BCUT2D eigenvalue weighted by molar-refractivity contribution is -0.124. The lowest BCUT2D eigenvalue weighted by atomic mass is 10.1. The molecule has 0 aromatic heterocycles. The van der Waals surface area contributed by atoms with Gasteiger partial charge in [0.15, 0.2) is 0 Å². The van der Waals surface area contributed by atoms with Crippen LogP contribution in [-0.2, 0) is 11.2 Å². The van der Waals surface area contributed by atoms with E-state index in [-0.39, 0.29) is 6.04 Å². The molecule has 0 radical (unpaired) electrons. The fourth-order valence-corrected chi connectivity index (χ4v) is 2.57. The molecular formula is C19H19N3O2. The van der Waals surface area contributed by atoms with E-state index in [9.17, 15) is 4.79 Å². The van der Waals surface area contributed by atoms with Gasteiger partial charge in [-0.1, -0.05) is 42.5 Å². The van der Waals surface area contributed by atoms with Crippen LogP contribution in [0.15, 0.2) is 71.4 Å². The van der Waals surface area contributed by atoms with E-state index in [0.717, 1.165) is 35.5 Å². The van der Waals surface area contributed by atoms with E-state index < -0.39 is 5.91 Å². The van der Waals surface area contributed by atoms with Gasteiger partial charge in [0.05, 0.1) is 6.04 Å². The molecule has 1 aliphatic heterocycles. The van der Waals surface area contributed by atoms with Gasteiger partial charge in [0.1, 0.15) is 5.84 Å². The van der Waals surface area contributed by atoms with Crippen LogP contribution in [0.1, 0.15) is 17.5 Å². The van der Waals surface area contributed by atoms with Gasteiger partial charge in [-0.05, 0) is 35.8 Å². The minimum absolute atomic E-state index is 0.0976. The largest absolute Gasteiger partial charge is 0.344 e. The summed E-state index contributed by atoms with van der Waals surface area (Å²) in [5.41, 5.74) is 4.67. The SMILES string of the molecule is O=C(/C=C/c1ccc(CC2=NC3C=C(/C=C\C/C=C\3)N2)cc1)NO. The van der Waals surface area contributed by atoms with Crippen molar-refractivity contribution in [2.24, 2.45) is 4.99 Å². The molecule has 0 saturated heterocycles. The molecule has 5 nitrogen and oxygen atoms in total. The van der Waals surface area contributed by atoms with Crippen LogP contribution >= 0.6 is 0 Å². The summed E-state index contributed by atoms with van der Waals surface area (Å²) in [4.78, 5) is 15.7. The summed E-state index contributed by atoms with van der Waals surface area (Å²) in [6.07, 6.45) is 15.1. The topological polar surface area (TPSA) is 73.7 Å². The van der Waals surface area contributed by atoms with Gasteiger partial charge < -0.3 is 5.32 Å². The zero-order chi connectivity index (χ0) is 16.8. The monoisotopic (exact) mass is 321 g/mol. The molecule has 0 spiro atoms. The van der Waals surface area contributed by atoms with Crippen molar-refractivity contribution in [2.75, 3.05) is 0 Å². The number of nitrogens with zero attached hydrogens (tertiary/aromatic N) is 1. The second-order valence-corrected chi connectivity index (χ2v) is 5.61. The molecule has 1 aromatic rings. The highest BCUT2D eigenvalue weighted by molar-refractivity contribution is 5.91. The van der Waals surface area contributed by atoms with Gasteiger partial charge in [0.25, 0.3) is 5.91 Å². The van der Waals surface area contributed by atoms with Crippen molar-refractivity contribution in [2.45, 2.75) is 18.9 Å². The summed E-state index contributed by atoms with van der Waals surface area (Å²) in [7, 11) is 0. The normalized spacial score (nSPS) is 21.8. The Hall–Kier alpha value is -2.92. The van der Waals surface area contributed by atoms with Crippen molar-refractivity contribution in [3.63, 3.8) is 0 Å². The van der Waals surface area contributed by atoms with Crippen LogP contribution in [0.25, 0.3) is 6.08 Å². The van der Waals surface area contributed by atoms with Crippen LogP contribution in [0.2, 0.25) is 0 Å². The summed E-state index contributed by atoms with van der Waals surface area (Å²) in [6.45, 7) is 0. The van der Waals surface area contributed by atoms with E-state index in [1.165, 1.54) is 6.08 Å². The van der Waals surface area contributed by atoms with Gasteiger partial charge in [0.2, 0.25) is 0 Å². The number of fused-ring (bicyclic) bond motifs is 1. The second-order valence-electron chi connectivity index (χ2n) is 5.61. The van der Waals surface area contributed by atoms with Crippen LogP contribution in [0.5, 0.6) is 0 Å². The maximum atomic E-state index is 11.0. The molecule has 1 atom stereocenters. The number of carbonyl (C=O) groups is 1. The standard InChI is InChI=1S/C19H19N3O2/c23-19(22-24)11-10-14-6-8-15(9-7-14)12-18-20-16-4-2-1-3-5-17(13-16)21-18/h2-11,13,16,24H,1,12H2,(H,20,21)(H,22,23)/b4-2-,5-3-,11-10+. The van der Waals surface area contributed by atoms with Crippen molar-refractivity contribution >= 4 is 17.8 Å². The molecule has 1 aromatic carbocycles. The number of amides is 1. The second kappa shape index (κ2) is 7.57. The van der Waals surface area contributed by atoms with Crippen LogP contribution in [0.4, 0.5) is 0 Å².